The molecule has 0 saturated carbocycles. The van der Waals surface area contributed by atoms with Gasteiger partial charge in [0, 0.05) is 16.5 Å². The third-order valence-electron chi connectivity index (χ3n) is 4.27. The van der Waals surface area contributed by atoms with Crippen molar-refractivity contribution < 1.29 is 0 Å². The minimum Gasteiger partial charge on any atom is -0.277 e. The van der Waals surface area contributed by atoms with Crippen LogP contribution in [0.4, 0.5) is 0 Å². The van der Waals surface area contributed by atoms with E-state index in [1.54, 1.807) is 0 Å². The average Bonchev–Trinajstić information content (AvgIpc) is 3.30. The zero-order valence-corrected chi connectivity index (χ0v) is 12.7. The van der Waals surface area contributed by atoms with Gasteiger partial charge in [-0.15, -0.1) is 0 Å². The predicted molar refractivity (Wildman–Crippen MR) is 94.4 cm³/mol. The fourth-order valence-electron chi connectivity index (χ4n) is 3.06. The topological polar surface area (TPSA) is 70.2 Å². The molecule has 0 fully saturated rings. The summed E-state index contributed by atoms with van der Waals surface area (Å²) in [4.78, 5) is 4.22. The Morgan fingerprint density at radius 2 is 1.62 bits per heavy atom. The highest BCUT2D eigenvalue weighted by Gasteiger charge is 2.11. The lowest BCUT2D eigenvalue weighted by Crippen LogP contribution is -1.83. The van der Waals surface area contributed by atoms with Crippen molar-refractivity contribution in [3.05, 3.63) is 67.0 Å². The molecule has 5 heteroatoms. The fourth-order valence-corrected chi connectivity index (χ4v) is 3.06. The second-order valence-electron chi connectivity index (χ2n) is 5.73. The molecule has 0 unspecified atom stereocenters. The van der Waals surface area contributed by atoms with Crippen molar-refractivity contribution in [1.82, 2.24) is 25.4 Å². The monoisotopic (exact) mass is 311 g/mol. The Labute approximate surface area is 137 Å². The molecule has 0 bridgehead atoms. The van der Waals surface area contributed by atoms with Crippen molar-refractivity contribution in [1.29, 1.82) is 0 Å². The molecule has 0 aliphatic rings. The van der Waals surface area contributed by atoms with Crippen molar-refractivity contribution in [3.8, 4) is 22.6 Å². The maximum atomic E-state index is 4.52. The van der Waals surface area contributed by atoms with Gasteiger partial charge in [0.15, 0.2) is 5.82 Å². The van der Waals surface area contributed by atoms with E-state index in [-0.39, 0.29) is 0 Å². The van der Waals surface area contributed by atoms with E-state index in [2.05, 4.69) is 73.9 Å². The minimum absolute atomic E-state index is 0.752. The SMILES string of the molecule is c1ccc2cc(-c3n[nH]c4ccc(-c5ncn[nH]5)cc34)ccc2c1. The lowest BCUT2D eigenvalue weighted by molar-refractivity contribution is 1.10. The number of benzene rings is 3. The average molecular weight is 311 g/mol. The van der Waals surface area contributed by atoms with Crippen LogP contribution in [0.1, 0.15) is 0 Å². The standard InChI is InChI=1S/C19H13N5/c1-2-4-13-9-14(6-5-12(13)3-1)18-16-10-15(19-20-11-21-24-19)7-8-17(16)22-23-18/h1-11H,(H,22,23)(H,20,21,24). The Hall–Kier alpha value is -3.47. The molecule has 2 heterocycles. The number of nitrogens with one attached hydrogen (secondary N) is 2. The van der Waals surface area contributed by atoms with E-state index < -0.39 is 0 Å². The van der Waals surface area contributed by atoms with Gasteiger partial charge in [-0.2, -0.15) is 10.2 Å². The van der Waals surface area contributed by atoms with E-state index in [0.29, 0.717) is 0 Å². The van der Waals surface area contributed by atoms with Crippen molar-refractivity contribution in [2.45, 2.75) is 0 Å². The number of rotatable bonds is 2. The van der Waals surface area contributed by atoms with Gasteiger partial charge in [-0.3, -0.25) is 10.2 Å². The molecule has 5 rings (SSSR count). The summed E-state index contributed by atoms with van der Waals surface area (Å²) in [6.07, 6.45) is 1.51. The highest BCUT2D eigenvalue weighted by atomic mass is 15.2. The van der Waals surface area contributed by atoms with Gasteiger partial charge in [-0.1, -0.05) is 36.4 Å². The molecule has 0 saturated heterocycles. The number of aromatic nitrogens is 5. The van der Waals surface area contributed by atoms with Gasteiger partial charge in [0.2, 0.25) is 0 Å². The Morgan fingerprint density at radius 3 is 2.50 bits per heavy atom. The summed E-state index contributed by atoms with van der Waals surface area (Å²) >= 11 is 0. The van der Waals surface area contributed by atoms with E-state index in [1.165, 1.54) is 17.1 Å². The van der Waals surface area contributed by atoms with Crippen LogP contribution in [-0.2, 0) is 0 Å². The normalized spacial score (nSPS) is 11.3. The first-order valence-corrected chi connectivity index (χ1v) is 7.71. The van der Waals surface area contributed by atoms with Gasteiger partial charge in [0.05, 0.1) is 11.2 Å². The van der Waals surface area contributed by atoms with Crippen LogP contribution in [0.5, 0.6) is 0 Å². The molecule has 0 aliphatic heterocycles. The number of H-pyrrole nitrogens is 2. The summed E-state index contributed by atoms with van der Waals surface area (Å²) in [5.74, 6) is 0.752. The molecule has 2 N–H and O–H groups in total. The zero-order valence-electron chi connectivity index (χ0n) is 12.7. The Balaban J connectivity index is 1.71. The molecule has 5 aromatic rings. The molecule has 0 aliphatic carbocycles. The van der Waals surface area contributed by atoms with Gasteiger partial charge in [-0.25, -0.2) is 4.98 Å². The van der Waals surface area contributed by atoms with Crippen LogP contribution in [0.15, 0.2) is 67.0 Å². The zero-order chi connectivity index (χ0) is 15.9. The lowest BCUT2D eigenvalue weighted by atomic mass is 10.0. The highest BCUT2D eigenvalue weighted by Crippen LogP contribution is 2.31. The molecule has 0 amide bonds. The Bertz CT molecular complexity index is 1160. The van der Waals surface area contributed by atoms with Gasteiger partial charge in [-0.05, 0) is 35.0 Å². The summed E-state index contributed by atoms with van der Waals surface area (Å²) < 4.78 is 0. The molecule has 2 aromatic heterocycles. The van der Waals surface area contributed by atoms with Crippen LogP contribution in [0.3, 0.4) is 0 Å². The molecule has 0 spiro atoms. The van der Waals surface area contributed by atoms with Crippen LogP contribution < -0.4 is 0 Å². The quantitative estimate of drug-likeness (QED) is 0.514. The maximum absolute atomic E-state index is 4.52. The molecule has 3 aromatic carbocycles. The second-order valence-corrected chi connectivity index (χ2v) is 5.73. The van der Waals surface area contributed by atoms with E-state index in [0.717, 1.165) is 33.5 Å². The summed E-state index contributed by atoms with van der Waals surface area (Å²) in [5.41, 5.74) is 4.02. The number of hydrogen-bond acceptors (Lipinski definition) is 3. The minimum atomic E-state index is 0.752. The van der Waals surface area contributed by atoms with Gasteiger partial charge < -0.3 is 0 Å². The van der Waals surface area contributed by atoms with Crippen molar-refractivity contribution in [3.63, 3.8) is 0 Å². The molecular weight excluding hydrogens is 298 g/mol. The summed E-state index contributed by atoms with van der Waals surface area (Å²) in [5, 5.41) is 18.0. The molecular formula is C19H13N5. The lowest BCUT2D eigenvalue weighted by Gasteiger charge is -2.03. The van der Waals surface area contributed by atoms with Crippen LogP contribution in [0, 0.1) is 0 Å². The smallest absolute Gasteiger partial charge is 0.155 e. The summed E-state index contributed by atoms with van der Waals surface area (Å²) in [7, 11) is 0. The number of fused-ring (bicyclic) bond motifs is 2. The highest BCUT2D eigenvalue weighted by molar-refractivity contribution is 5.97. The molecule has 0 radical (unpaired) electrons. The predicted octanol–water partition coefficient (Wildman–Crippen LogP) is 4.17. The van der Waals surface area contributed by atoms with E-state index in [4.69, 9.17) is 0 Å². The van der Waals surface area contributed by atoms with Crippen molar-refractivity contribution in [2.75, 3.05) is 0 Å². The number of aromatic amines is 2. The third-order valence-corrected chi connectivity index (χ3v) is 4.27. The Kier molecular flexibility index (Phi) is 2.72. The third kappa shape index (κ3) is 1.99. The van der Waals surface area contributed by atoms with Crippen LogP contribution in [0.25, 0.3) is 44.3 Å². The molecule has 5 nitrogen and oxygen atoms in total. The van der Waals surface area contributed by atoms with Gasteiger partial charge in [0.25, 0.3) is 0 Å². The Morgan fingerprint density at radius 1 is 0.750 bits per heavy atom. The van der Waals surface area contributed by atoms with E-state index in [1.807, 2.05) is 12.1 Å². The van der Waals surface area contributed by atoms with Gasteiger partial charge in [0.1, 0.15) is 6.33 Å². The summed E-state index contributed by atoms with van der Waals surface area (Å²) in [6.45, 7) is 0. The largest absolute Gasteiger partial charge is 0.277 e. The number of hydrogen-bond donors (Lipinski definition) is 2. The van der Waals surface area contributed by atoms with Crippen LogP contribution >= 0.6 is 0 Å². The first-order chi connectivity index (χ1) is 11.9. The van der Waals surface area contributed by atoms with Crippen molar-refractivity contribution in [2.24, 2.45) is 0 Å². The fraction of sp³-hybridized carbons (Fsp3) is 0. The van der Waals surface area contributed by atoms with E-state index in [9.17, 15) is 0 Å². The van der Waals surface area contributed by atoms with Crippen LogP contribution in [0.2, 0.25) is 0 Å². The molecule has 114 valence electrons. The van der Waals surface area contributed by atoms with Crippen molar-refractivity contribution >= 4 is 21.7 Å². The summed E-state index contributed by atoms with van der Waals surface area (Å²) in [6, 6.07) is 20.9. The first kappa shape index (κ1) is 13.0. The van der Waals surface area contributed by atoms with E-state index >= 15 is 0 Å². The maximum Gasteiger partial charge on any atom is 0.155 e. The first-order valence-electron chi connectivity index (χ1n) is 7.71. The molecule has 24 heavy (non-hydrogen) atoms. The molecule has 0 atom stereocenters. The second kappa shape index (κ2) is 5.03. The van der Waals surface area contributed by atoms with Crippen LogP contribution in [-0.4, -0.2) is 25.4 Å². The number of nitrogens with zero attached hydrogens (tertiary/aromatic N) is 3. The van der Waals surface area contributed by atoms with Gasteiger partial charge >= 0.3 is 0 Å².